The summed E-state index contributed by atoms with van der Waals surface area (Å²) in [7, 11) is 0. The van der Waals surface area contributed by atoms with Gasteiger partial charge in [-0.25, -0.2) is 0 Å². The maximum absolute atomic E-state index is 5.74. The normalized spacial score (nSPS) is 10.6. The van der Waals surface area contributed by atoms with E-state index in [0.29, 0.717) is 0 Å². The van der Waals surface area contributed by atoms with E-state index in [-0.39, 0.29) is 0 Å². The van der Waals surface area contributed by atoms with Crippen LogP contribution in [0, 0.1) is 6.92 Å². The van der Waals surface area contributed by atoms with Crippen LogP contribution in [0.2, 0.25) is 0 Å². The number of aryl methyl sites for hydroxylation is 1. The van der Waals surface area contributed by atoms with Gasteiger partial charge in [-0.2, -0.15) is 0 Å². The largest absolute Gasteiger partial charge is 0.494 e. The highest BCUT2D eigenvalue weighted by atomic mass is 16.5. The van der Waals surface area contributed by atoms with Crippen molar-refractivity contribution in [1.82, 2.24) is 5.32 Å². The van der Waals surface area contributed by atoms with Crippen molar-refractivity contribution in [2.24, 2.45) is 0 Å². The number of unbranched alkanes of at least 4 members (excludes halogenated alkanes) is 1. The van der Waals surface area contributed by atoms with Gasteiger partial charge in [0.2, 0.25) is 0 Å². The lowest BCUT2D eigenvalue weighted by Crippen LogP contribution is -2.12. The van der Waals surface area contributed by atoms with Gasteiger partial charge in [0.15, 0.2) is 0 Å². The van der Waals surface area contributed by atoms with E-state index in [0.717, 1.165) is 38.3 Å². The molecule has 0 aromatic heterocycles. The van der Waals surface area contributed by atoms with Gasteiger partial charge >= 0.3 is 0 Å². The van der Waals surface area contributed by atoms with Crippen molar-refractivity contribution in [3.63, 3.8) is 0 Å². The predicted octanol–water partition coefficient (Wildman–Crippen LogP) is 4.46. The summed E-state index contributed by atoms with van der Waals surface area (Å²) < 4.78 is 5.74. The Labute approximate surface area is 128 Å². The molecule has 2 heteroatoms. The molecule has 0 saturated carbocycles. The third-order valence-corrected chi connectivity index (χ3v) is 3.41. The Kier molecular flexibility index (Phi) is 6.29. The second-order valence-electron chi connectivity index (χ2n) is 5.44. The molecule has 0 aliphatic carbocycles. The molecule has 0 fully saturated rings. The zero-order chi connectivity index (χ0) is 14.9. The molecule has 0 heterocycles. The van der Waals surface area contributed by atoms with Crippen molar-refractivity contribution in [2.45, 2.75) is 39.8 Å². The predicted molar refractivity (Wildman–Crippen MR) is 88.6 cm³/mol. The number of nitrogens with one attached hydrogen (secondary N) is 1. The van der Waals surface area contributed by atoms with Crippen molar-refractivity contribution in [1.29, 1.82) is 0 Å². The third-order valence-electron chi connectivity index (χ3n) is 3.41. The Hall–Kier alpha value is -1.80. The Balaban J connectivity index is 1.81. The minimum Gasteiger partial charge on any atom is -0.494 e. The molecule has 0 spiro atoms. The second kappa shape index (κ2) is 8.48. The number of rotatable bonds is 8. The molecule has 21 heavy (non-hydrogen) atoms. The molecular weight excluding hydrogens is 258 g/mol. The van der Waals surface area contributed by atoms with Crippen molar-refractivity contribution < 1.29 is 4.74 Å². The van der Waals surface area contributed by atoms with Crippen molar-refractivity contribution in [3.05, 3.63) is 65.2 Å². The van der Waals surface area contributed by atoms with Crippen molar-refractivity contribution in [3.8, 4) is 5.75 Å². The summed E-state index contributed by atoms with van der Waals surface area (Å²) in [4.78, 5) is 0. The van der Waals surface area contributed by atoms with E-state index in [1.165, 1.54) is 16.7 Å². The molecule has 0 aliphatic heterocycles. The molecule has 0 saturated heterocycles. The number of hydrogen-bond acceptors (Lipinski definition) is 2. The first-order chi connectivity index (χ1) is 10.3. The van der Waals surface area contributed by atoms with Gasteiger partial charge in [0.25, 0.3) is 0 Å². The van der Waals surface area contributed by atoms with E-state index < -0.39 is 0 Å². The monoisotopic (exact) mass is 283 g/mol. The maximum atomic E-state index is 5.74. The average Bonchev–Trinajstić information content (AvgIpc) is 2.48. The lowest BCUT2D eigenvalue weighted by Gasteiger charge is -2.09. The number of benzene rings is 2. The molecule has 0 aliphatic rings. The SMILES string of the molecule is CCCCOc1cccc(CNCc2cccc(C)c2)c1. The van der Waals surface area contributed by atoms with E-state index in [1.807, 2.05) is 6.07 Å². The summed E-state index contributed by atoms with van der Waals surface area (Å²) in [6, 6.07) is 17.0. The van der Waals surface area contributed by atoms with Crippen LogP contribution < -0.4 is 10.1 Å². The van der Waals surface area contributed by atoms with Crippen molar-refractivity contribution >= 4 is 0 Å². The Morgan fingerprint density at radius 2 is 1.67 bits per heavy atom. The minimum absolute atomic E-state index is 0.802. The highest BCUT2D eigenvalue weighted by Gasteiger charge is 1.98. The van der Waals surface area contributed by atoms with Gasteiger partial charge in [-0.3, -0.25) is 0 Å². The Morgan fingerprint density at radius 1 is 0.952 bits per heavy atom. The van der Waals surface area contributed by atoms with Gasteiger partial charge in [0.05, 0.1) is 6.61 Å². The summed E-state index contributed by atoms with van der Waals surface area (Å²) in [6.45, 7) is 6.85. The van der Waals surface area contributed by atoms with Gasteiger partial charge in [-0.05, 0) is 36.6 Å². The van der Waals surface area contributed by atoms with E-state index >= 15 is 0 Å². The standard InChI is InChI=1S/C19H25NO/c1-3-4-11-21-19-10-6-9-18(13-19)15-20-14-17-8-5-7-16(2)12-17/h5-10,12-13,20H,3-4,11,14-15H2,1-2H3. The molecule has 0 unspecified atom stereocenters. The Bertz CT molecular complexity index is 551. The molecule has 2 rings (SSSR count). The summed E-state index contributed by atoms with van der Waals surface area (Å²) in [5.74, 6) is 0.971. The molecule has 0 bridgehead atoms. The quantitative estimate of drug-likeness (QED) is 0.722. The minimum atomic E-state index is 0.802. The summed E-state index contributed by atoms with van der Waals surface area (Å²) >= 11 is 0. The van der Waals surface area contributed by atoms with Crippen LogP contribution in [0.3, 0.4) is 0 Å². The molecule has 2 aromatic rings. The van der Waals surface area contributed by atoms with E-state index in [1.54, 1.807) is 0 Å². The summed E-state index contributed by atoms with van der Waals surface area (Å²) in [5.41, 5.74) is 3.89. The van der Waals surface area contributed by atoms with E-state index in [9.17, 15) is 0 Å². The van der Waals surface area contributed by atoms with Crippen LogP contribution in [0.5, 0.6) is 5.75 Å². The fourth-order valence-corrected chi connectivity index (χ4v) is 2.25. The van der Waals surface area contributed by atoms with Gasteiger partial charge in [-0.1, -0.05) is 55.3 Å². The molecule has 0 amide bonds. The van der Waals surface area contributed by atoms with Crippen LogP contribution in [-0.4, -0.2) is 6.61 Å². The van der Waals surface area contributed by atoms with Crippen molar-refractivity contribution in [2.75, 3.05) is 6.61 Å². The van der Waals surface area contributed by atoms with E-state index in [4.69, 9.17) is 4.74 Å². The van der Waals surface area contributed by atoms with Crippen LogP contribution in [0.1, 0.15) is 36.5 Å². The molecule has 2 nitrogen and oxygen atoms in total. The average molecular weight is 283 g/mol. The molecule has 0 atom stereocenters. The van der Waals surface area contributed by atoms with Crippen LogP contribution in [0.25, 0.3) is 0 Å². The van der Waals surface area contributed by atoms with Gasteiger partial charge < -0.3 is 10.1 Å². The second-order valence-corrected chi connectivity index (χ2v) is 5.44. The smallest absolute Gasteiger partial charge is 0.119 e. The number of ether oxygens (including phenoxy) is 1. The van der Waals surface area contributed by atoms with Gasteiger partial charge in [0.1, 0.15) is 5.75 Å². The van der Waals surface area contributed by atoms with E-state index in [2.05, 4.69) is 61.6 Å². The fraction of sp³-hybridized carbons (Fsp3) is 0.368. The number of hydrogen-bond donors (Lipinski definition) is 1. The van der Waals surface area contributed by atoms with Crippen LogP contribution in [0.4, 0.5) is 0 Å². The molecule has 1 N–H and O–H groups in total. The van der Waals surface area contributed by atoms with Crippen LogP contribution in [-0.2, 0) is 13.1 Å². The molecular formula is C19H25NO. The lowest BCUT2D eigenvalue weighted by molar-refractivity contribution is 0.309. The lowest BCUT2D eigenvalue weighted by atomic mass is 10.1. The molecule has 112 valence electrons. The first-order valence-electron chi connectivity index (χ1n) is 7.76. The Morgan fingerprint density at radius 3 is 2.38 bits per heavy atom. The first kappa shape index (κ1) is 15.6. The van der Waals surface area contributed by atoms with Gasteiger partial charge in [0, 0.05) is 13.1 Å². The summed E-state index contributed by atoms with van der Waals surface area (Å²) in [5, 5.41) is 3.48. The highest BCUT2D eigenvalue weighted by molar-refractivity contribution is 5.28. The fourth-order valence-electron chi connectivity index (χ4n) is 2.25. The maximum Gasteiger partial charge on any atom is 0.119 e. The third kappa shape index (κ3) is 5.60. The zero-order valence-electron chi connectivity index (χ0n) is 13.1. The summed E-state index contributed by atoms with van der Waals surface area (Å²) in [6.07, 6.45) is 2.27. The molecule has 0 radical (unpaired) electrons. The van der Waals surface area contributed by atoms with Crippen LogP contribution in [0.15, 0.2) is 48.5 Å². The first-order valence-corrected chi connectivity index (χ1v) is 7.76. The highest BCUT2D eigenvalue weighted by Crippen LogP contribution is 2.14. The molecule has 2 aromatic carbocycles. The van der Waals surface area contributed by atoms with Gasteiger partial charge in [-0.15, -0.1) is 0 Å². The van der Waals surface area contributed by atoms with Crippen LogP contribution >= 0.6 is 0 Å². The topological polar surface area (TPSA) is 21.3 Å². The zero-order valence-corrected chi connectivity index (χ0v) is 13.1.